The molecule has 0 fully saturated rings. The summed E-state index contributed by atoms with van der Waals surface area (Å²) >= 11 is 2.86. The maximum atomic E-state index is 13.0. The Labute approximate surface area is 165 Å². The Hall–Kier alpha value is -3.13. The summed E-state index contributed by atoms with van der Waals surface area (Å²) in [5.41, 5.74) is -0.229. The van der Waals surface area contributed by atoms with Gasteiger partial charge in [-0.05, 0) is 35.0 Å². The number of rotatable bonds is 4. The van der Waals surface area contributed by atoms with Crippen molar-refractivity contribution in [2.24, 2.45) is 0 Å². The normalized spacial score (nSPS) is 11.3. The second-order valence-electron chi connectivity index (χ2n) is 5.72. The number of aromatic nitrogens is 4. The van der Waals surface area contributed by atoms with E-state index in [1.54, 1.807) is 30.3 Å². The van der Waals surface area contributed by atoms with E-state index in [0.717, 1.165) is 4.68 Å². The van der Waals surface area contributed by atoms with Crippen LogP contribution in [0.2, 0.25) is 0 Å². The lowest BCUT2D eigenvalue weighted by Crippen LogP contribution is -2.22. The fourth-order valence-electron chi connectivity index (χ4n) is 2.48. The van der Waals surface area contributed by atoms with Crippen molar-refractivity contribution >= 4 is 27.7 Å². The smallest absolute Gasteiger partial charge is 0.308 e. The first-order chi connectivity index (χ1) is 13.2. The van der Waals surface area contributed by atoms with Crippen molar-refractivity contribution in [3.63, 3.8) is 0 Å². The summed E-state index contributed by atoms with van der Waals surface area (Å²) in [5.74, 6) is -0.528. The van der Waals surface area contributed by atoms with E-state index >= 15 is 0 Å². The van der Waals surface area contributed by atoms with Gasteiger partial charge in [-0.15, -0.1) is 0 Å². The number of anilines is 1. The molecule has 0 aliphatic carbocycles. The van der Waals surface area contributed by atoms with Gasteiger partial charge in [-0.25, -0.2) is 4.68 Å². The van der Waals surface area contributed by atoms with Crippen LogP contribution in [0.15, 0.2) is 41.0 Å². The first kappa shape index (κ1) is 19.6. The molecule has 11 heteroatoms. The third-order valence-corrected chi connectivity index (χ3v) is 4.79. The summed E-state index contributed by atoms with van der Waals surface area (Å²) < 4.78 is 41.0. The van der Waals surface area contributed by atoms with Crippen molar-refractivity contribution in [3.8, 4) is 11.8 Å². The average molecular weight is 453 g/mol. The SMILES string of the molecule is Cc1c(Br)c(C(F)(F)F)nn1CC(=O)Nc1c(C#N)cnn1-c1ccccc1. The Kier molecular flexibility index (Phi) is 5.24. The number of amides is 1. The molecule has 0 aliphatic rings. The maximum Gasteiger partial charge on any atom is 0.436 e. The highest BCUT2D eigenvalue weighted by atomic mass is 79.9. The molecule has 3 aromatic rings. The molecule has 0 radical (unpaired) electrons. The lowest BCUT2D eigenvalue weighted by Gasteiger charge is -2.10. The van der Waals surface area contributed by atoms with Gasteiger partial charge in [0.1, 0.15) is 18.2 Å². The first-order valence-electron chi connectivity index (χ1n) is 7.86. The fourth-order valence-corrected chi connectivity index (χ4v) is 2.99. The molecule has 2 heterocycles. The molecule has 0 spiro atoms. The van der Waals surface area contributed by atoms with Gasteiger partial charge in [0.05, 0.1) is 22.1 Å². The van der Waals surface area contributed by atoms with E-state index in [1.165, 1.54) is 17.8 Å². The van der Waals surface area contributed by atoms with Gasteiger partial charge in [-0.3, -0.25) is 9.48 Å². The molecule has 7 nitrogen and oxygen atoms in total. The molecule has 144 valence electrons. The standard InChI is InChI=1S/C17H12BrF3N6O/c1-10-14(18)15(17(19,20)21)25-26(10)9-13(28)24-16-11(7-22)8-23-27(16)12-5-3-2-4-6-12/h2-6,8H,9H2,1H3,(H,24,28). The molecule has 0 bridgehead atoms. The molecule has 3 rings (SSSR count). The van der Waals surface area contributed by atoms with E-state index < -0.39 is 24.3 Å². The molecule has 0 aliphatic heterocycles. The van der Waals surface area contributed by atoms with Crippen molar-refractivity contribution in [1.82, 2.24) is 19.6 Å². The van der Waals surface area contributed by atoms with Gasteiger partial charge in [0.15, 0.2) is 11.5 Å². The van der Waals surface area contributed by atoms with Crippen molar-refractivity contribution < 1.29 is 18.0 Å². The lowest BCUT2D eigenvalue weighted by atomic mass is 10.3. The van der Waals surface area contributed by atoms with Crippen LogP contribution in [0.5, 0.6) is 0 Å². The maximum absolute atomic E-state index is 13.0. The minimum Gasteiger partial charge on any atom is -0.308 e. The number of nitrogens with zero attached hydrogens (tertiary/aromatic N) is 5. The highest BCUT2D eigenvalue weighted by molar-refractivity contribution is 9.10. The third-order valence-electron chi connectivity index (χ3n) is 3.84. The number of hydrogen-bond donors (Lipinski definition) is 1. The quantitative estimate of drug-likeness (QED) is 0.653. The van der Waals surface area contributed by atoms with Gasteiger partial charge in [0.2, 0.25) is 5.91 Å². The van der Waals surface area contributed by atoms with E-state index in [2.05, 4.69) is 31.4 Å². The number of alkyl halides is 3. The number of para-hydroxylation sites is 1. The highest BCUT2D eigenvalue weighted by Crippen LogP contribution is 2.35. The van der Waals surface area contributed by atoms with Crippen molar-refractivity contribution in [2.45, 2.75) is 19.6 Å². The van der Waals surface area contributed by atoms with Gasteiger partial charge in [0, 0.05) is 0 Å². The Morgan fingerprint density at radius 3 is 2.57 bits per heavy atom. The van der Waals surface area contributed by atoms with Gasteiger partial charge in [0.25, 0.3) is 0 Å². The molecule has 0 atom stereocenters. The number of hydrogen-bond acceptors (Lipinski definition) is 4. The second-order valence-corrected chi connectivity index (χ2v) is 6.51. The highest BCUT2D eigenvalue weighted by Gasteiger charge is 2.38. The van der Waals surface area contributed by atoms with Crippen LogP contribution < -0.4 is 5.32 Å². The minimum atomic E-state index is -4.65. The molecule has 1 N–H and O–H groups in total. The molecule has 0 saturated heterocycles. The average Bonchev–Trinajstić information content (AvgIpc) is 3.18. The predicted molar refractivity (Wildman–Crippen MR) is 96.6 cm³/mol. The van der Waals surface area contributed by atoms with E-state index in [1.807, 2.05) is 6.07 Å². The number of carbonyl (C=O) groups excluding carboxylic acids is 1. The summed E-state index contributed by atoms with van der Waals surface area (Å²) in [6.07, 6.45) is -3.36. The van der Waals surface area contributed by atoms with Gasteiger partial charge in [-0.2, -0.15) is 28.6 Å². The van der Waals surface area contributed by atoms with E-state index in [0.29, 0.717) is 5.69 Å². The topological polar surface area (TPSA) is 88.5 Å². The molecule has 1 aromatic carbocycles. The monoisotopic (exact) mass is 452 g/mol. The van der Waals surface area contributed by atoms with E-state index in [9.17, 15) is 23.2 Å². The van der Waals surface area contributed by atoms with Gasteiger partial charge < -0.3 is 5.32 Å². The zero-order valence-corrected chi connectivity index (χ0v) is 15.9. The zero-order valence-electron chi connectivity index (χ0n) is 14.3. The summed E-state index contributed by atoms with van der Waals surface area (Å²) in [6, 6.07) is 10.7. The van der Waals surface area contributed by atoms with Gasteiger partial charge >= 0.3 is 6.18 Å². The molecular formula is C17H12BrF3N6O. The van der Waals surface area contributed by atoms with Crippen LogP contribution in [-0.2, 0) is 17.5 Å². The minimum absolute atomic E-state index is 0.117. The largest absolute Gasteiger partial charge is 0.436 e. The number of nitriles is 1. The predicted octanol–water partition coefficient (Wildman–Crippen LogP) is 3.67. The van der Waals surface area contributed by atoms with E-state index in [4.69, 9.17) is 0 Å². The molecule has 0 saturated carbocycles. The van der Waals surface area contributed by atoms with Crippen LogP contribution in [0.25, 0.3) is 5.69 Å². The summed E-state index contributed by atoms with van der Waals surface area (Å²) in [5, 5.41) is 19.3. The van der Waals surface area contributed by atoms with Crippen molar-refractivity contribution in [2.75, 3.05) is 5.32 Å². The Balaban J connectivity index is 1.87. The molecule has 2 aromatic heterocycles. The van der Waals surface area contributed by atoms with Crippen LogP contribution in [0.1, 0.15) is 17.0 Å². The van der Waals surface area contributed by atoms with Crippen molar-refractivity contribution in [1.29, 1.82) is 5.26 Å². The summed E-state index contributed by atoms with van der Waals surface area (Å²) in [6.45, 7) is 0.944. The van der Waals surface area contributed by atoms with Crippen molar-refractivity contribution in [3.05, 3.63) is 58.0 Å². The summed E-state index contributed by atoms with van der Waals surface area (Å²) in [7, 11) is 0. The van der Waals surface area contributed by atoms with Crippen LogP contribution in [0.3, 0.4) is 0 Å². The molecule has 28 heavy (non-hydrogen) atoms. The molecule has 0 unspecified atom stereocenters. The molecular weight excluding hydrogens is 441 g/mol. The molecule has 1 amide bonds. The fraction of sp³-hybridized carbons (Fsp3) is 0.176. The van der Waals surface area contributed by atoms with Crippen LogP contribution in [-0.4, -0.2) is 25.5 Å². The number of carbonyl (C=O) groups is 1. The number of benzene rings is 1. The first-order valence-corrected chi connectivity index (χ1v) is 8.65. The lowest BCUT2D eigenvalue weighted by molar-refractivity contribution is -0.142. The summed E-state index contributed by atoms with van der Waals surface area (Å²) in [4.78, 5) is 12.4. The van der Waals surface area contributed by atoms with Crippen LogP contribution >= 0.6 is 15.9 Å². The second kappa shape index (κ2) is 7.47. The van der Waals surface area contributed by atoms with Crippen LogP contribution in [0, 0.1) is 18.3 Å². The zero-order chi connectivity index (χ0) is 20.5. The van der Waals surface area contributed by atoms with E-state index in [-0.39, 0.29) is 21.5 Å². The Morgan fingerprint density at radius 1 is 1.32 bits per heavy atom. The third kappa shape index (κ3) is 3.77. The van der Waals surface area contributed by atoms with Crippen LogP contribution in [0.4, 0.5) is 19.0 Å². The Morgan fingerprint density at radius 2 is 2.00 bits per heavy atom. The Bertz CT molecular complexity index is 1070. The van der Waals surface area contributed by atoms with Gasteiger partial charge in [-0.1, -0.05) is 18.2 Å². The number of halogens is 4. The number of nitrogens with one attached hydrogen (secondary N) is 1.